The fourth-order valence-corrected chi connectivity index (χ4v) is 2.81. The van der Waals surface area contributed by atoms with Crippen molar-refractivity contribution in [3.05, 3.63) is 70.5 Å². The van der Waals surface area contributed by atoms with E-state index in [2.05, 4.69) is 18.2 Å². The SMILES string of the molecule is Cc1cc(C)cc(CC(CO)(CO)c2ccc(F)cc2)c1. The molecule has 0 aliphatic carbocycles. The van der Waals surface area contributed by atoms with Gasteiger partial charge >= 0.3 is 0 Å². The molecule has 0 fully saturated rings. The molecule has 2 nitrogen and oxygen atoms in total. The summed E-state index contributed by atoms with van der Waals surface area (Å²) in [5.41, 5.74) is 3.30. The standard InChI is InChI=1S/C18H21FO2/c1-13-7-14(2)9-15(8-13)10-18(11-20,12-21)16-3-5-17(19)6-4-16/h3-9,20-21H,10-12H2,1-2H3. The van der Waals surface area contributed by atoms with Crippen molar-refractivity contribution in [1.29, 1.82) is 0 Å². The Hall–Kier alpha value is -1.71. The molecule has 0 aliphatic heterocycles. The number of aliphatic hydroxyl groups is 2. The first-order valence-corrected chi connectivity index (χ1v) is 7.04. The van der Waals surface area contributed by atoms with Gasteiger partial charge in [-0.3, -0.25) is 0 Å². The summed E-state index contributed by atoms with van der Waals surface area (Å²) in [6.07, 6.45) is 0.508. The zero-order valence-corrected chi connectivity index (χ0v) is 12.4. The highest BCUT2D eigenvalue weighted by Gasteiger charge is 2.31. The third-order valence-electron chi connectivity index (χ3n) is 3.89. The van der Waals surface area contributed by atoms with E-state index in [4.69, 9.17) is 0 Å². The lowest BCUT2D eigenvalue weighted by molar-refractivity contribution is 0.116. The van der Waals surface area contributed by atoms with E-state index in [0.717, 1.165) is 22.3 Å². The van der Waals surface area contributed by atoms with Crippen molar-refractivity contribution < 1.29 is 14.6 Å². The second-order valence-electron chi connectivity index (χ2n) is 5.78. The van der Waals surface area contributed by atoms with Gasteiger partial charge in [0, 0.05) is 5.41 Å². The maximum Gasteiger partial charge on any atom is 0.123 e. The quantitative estimate of drug-likeness (QED) is 0.888. The molecule has 3 heteroatoms. The van der Waals surface area contributed by atoms with Crippen molar-refractivity contribution in [2.75, 3.05) is 13.2 Å². The fraction of sp³-hybridized carbons (Fsp3) is 0.333. The summed E-state index contributed by atoms with van der Waals surface area (Å²) in [6, 6.07) is 12.2. The van der Waals surface area contributed by atoms with Crippen LogP contribution in [0.15, 0.2) is 42.5 Å². The zero-order valence-electron chi connectivity index (χ0n) is 12.4. The largest absolute Gasteiger partial charge is 0.395 e. The zero-order chi connectivity index (χ0) is 15.5. The van der Waals surface area contributed by atoms with Crippen LogP contribution in [0.5, 0.6) is 0 Å². The molecule has 0 heterocycles. The molecule has 2 aromatic rings. The molecule has 0 spiro atoms. The summed E-state index contributed by atoms with van der Waals surface area (Å²) in [5, 5.41) is 19.7. The molecule has 112 valence electrons. The molecule has 0 amide bonds. The van der Waals surface area contributed by atoms with Crippen molar-refractivity contribution in [3.63, 3.8) is 0 Å². The van der Waals surface area contributed by atoms with Crippen molar-refractivity contribution in [3.8, 4) is 0 Å². The second kappa shape index (κ2) is 6.37. The lowest BCUT2D eigenvalue weighted by Gasteiger charge is -2.31. The highest BCUT2D eigenvalue weighted by atomic mass is 19.1. The number of aryl methyl sites for hydroxylation is 2. The Kier molecular flexibility index (Phi) is 4.76. The van der Waals surface area contributed by atoms with Gasteiger partial charge in [0.15, 0.2) is 0 Å². The molecule has 21 heavy (non-hydrogen) atoms. The molecule has 0 saturated carbocycles. The average Bonchev–Trinajstić information content (AvgIpc) is 2.45. The minimum absolute atomic E-state index is 0.192. The Morgan fingerprint density at radius 3 is 1.90 bits per heavy atom. The molecule has 0 aromatic heterocycles. The van der Waals surface area contributed by atoms with Crippen LogP contribution in [0.25, 0.3) is 0 Å². The van der Waals surface area contributed by atoms with Crippen molar-refractivity contribution >= 4 is 0 Å². The summed E-state index contributed by atoms with van der Waals surface area (Å²) in [4.78, 5) is 0. The first-order chi connectivity index (χ1) is 9.99. The summed E-state index contributed by atoms with van der Waals surface area (Å²) < 4.78 is 13.1. The van der Waals surface area contributed by atoms with Gasteiger partial charge in [-0.25, -0.2) is 4.39 Å². The van der Waals surface area contributed by atoms with E-state index in [1.54, 1.807) is 12.1 Å². The molecular formula is C18H21FO2. The van der Waals surface area contributed by atoms with Gasteiger partial charge in [0.2, 0.25) is 0 Å². The number of aliphatic hydroxyl groups excluding tert-OH is 2. The van der Waals surface area contributed by atoms with Gasteiger partial charge in [0.1, 0.15) is 5.82 Å². The third kappa shape index (κ3) is 3.49. The smallest absolute Gasteiger partial charge is 0.123 e. The highest BCUT2D eigenvalue weighted by Crippen LogP contribution is 2.29. The summed E-state index contributed by atoms with van der Waals surface area (Å²) >= 11 is 0. The van der Waals surface area contributed by atoms with Crippen LogP contribution in [0.2, 0.25) is 0 Å². The number of benzene rings is 2. The number of hydrogen-bond acceptors (Lipinski definition) is 2. The predicted octanol–water partition coefficient (Wildman–Crippen LogP) is 2.91. The van der Waals surface area contributed by atoms with Gasteiger partial charge in [-0.15, -0.1) is 0 Å². The van der Waals surface area contributed by atoms with Gasteiger partial charge in [-0.1, -0.05) is 41.5 Å². The molecule has 0 unspecified atom stereocenters. The summed E-state index contributed by atoms with van der Waals surface area (Å²) in [7, 11) is 0. The monoisotopic (exact) mass is 288 g/mol. The Balaban J connectivity index is 2.40. The van der Waals surface area contributed by atoms with E-state index in [1.165, 1.54) is 12.1 Å². The summed E-state index contributed by atoms with van der Waals surface area (Å²) in [6.45, 7) is 3.66. The van der Waals surface area contributed by atoms with Gasteiger partial charge < -0.3 is 10.2 Å². The molecule has 0 radical (unpaired) electrons. The van der Waals surface area contributed by atoms with Crippen LogP contribution >= 0.6 is 0 Å². The Morgan fingerprint density at radius 1 is 0.905 bits per heavy atom. The van der Waals surface area contributed by atoms with Gasteiger partial charge in [0.25, 0.3) is 0 Å². The molecule has 2 rings (SSSR count). The lowest BCUT2D eigenvalue weighted by atomic mass is 9.76. The van der Waals surface area contributed by atoms with Gasteiger partial charge in [-0.05, 0) is 43.5 Å². The third-order valence-corrected chi connectivity index (χ3v) is 3.89. The van der Waals surface area contributed by atoms with Crippen LogP contribution in [0, 0.1) is 19.7 Å². The number of rotatable bonds is 5. The molecule has 2 aromatic carbocycles. The average molecular weight is 288 g/mol. The van der Waals surface area contributed by atoms with E-state index in [9.17, 15) is 14.6 Å². The maximum absolute atomic E-state index is 13.1. The van der Waals surface area contributed by atoms with Crippen LogP contribution in [0.1, 0.15) is 22.3 Å². The first-order valence-electron chi connectivity index (χ1n) is 7.04. The van der Waals surface area contributed by atoms with E-state index in [-0.39, 0.29) is 19.0 Å². The van der Waals surface area contributed by atoms with Crippen LogP contribution in [0.3, 0.4) is 0 Å². The van der Waals surface area contributed by atoms with Crippen LogP contribution in [0.4, 0.5) is 4.39 Å². The topological polar surface area (TPSA) is 40.5 Å². The van der Waals surface area contributed by atoms with E-state index in [1.807, 2.05) is 13.8 Å². The Labute approximate surface area is 124 Å². The van der Waals surface area contributed by atoms with Crippen LogP contribution in [-0.4, -0.2) is 23.4 Å². The Bertz CT molecular complexity index is 581. The maximum atomic E-state index is 13.1. The van der Waals surface area contributed by atoms with Crippen molar-refractivity contribution in [2.45, 2.75) is 25.7 Å². The van der Waals surface area contributed by atoms with Crippen molar-refractivity contribution in [2.24, 2.45) is 0 Å². The van der Waals surface area contributed by atoms with Gasteiger partial charge in [-0.2, -0.15) is 0 Å². The molecular weight excluding hydrogens is 267 g/mol. The molecule has 2 N–H and O–H groups in total. The highest BCUT2D eigenvalue weighted by molar-refractivity contribution is 5.34. The number of halogens is 1. The number of hydrogen-bond donors (Lipinski definition) is 2. The van der Waals surface area contributed by atoms with E-state index in [0.29, 0.717) is 6.42 Å². The fourth-order valence-electron chi connectivity index (χ4n) is 2.81. The molecule has 0 bridgehead atoms. The molecule has 0 atom stereocenters. The van der Waals surface area contributed by atoms with Gasteiger partial charge in [0.05, 0.1) is 13.2 Å². The molecule has 0 saturated heterocycles. The van der Waals surface area contributed by atoms with E-state index < -0.39 is 5.41 Å². The van der Waals surface area contributed by atoms with E-state index >= 15 is 0 Å². The minimum atomic E-state index is -0.798. The normalized spacial score (nSPS) is 11.7. The molecule has 0 aliphatic rings. The predicted molar refractivity (Wildman–Crippen MR) is 81.9 cm³/mol. The first kappa shape index (κ1) is 15.7. The second-order valence-corrected chi connectivity index (χ2v) is 5.78. The summed E-state index contributed by atoms with van der Waals surface area (Å²) in [5.74, 6) is -0.324. The Morgan fingerprint density at radius 2 is 1.43 bits per heavy atom. The minimum Gasteiger partial charge on any atom is -0.395 e. The van der Waals surface area contributed by atoms with Crippen LogP contribution < -0.4 is 0 Å². The van der Waals surface area contributed by atoms with Crippen LogP contribution in [-0.2, 0) is 11.8 Å². The van der Waals surface area contributed by atoms with Crippen molar-refractivity contribution in [1.82, 2.24) is 0 Å². The lowest BCUT2D eigenvalue weighted by Crippen LogP contribution is -2.37.